The molecule has 1 aliphatic rings. The van der Waals surface area contributed by atoms with Crippen LogP contribution in [0.1, 0.15) is 47.0 Å². The lowest BCUT2D eigenvalue weighted by molar-refractivity contribution is -0.202. The molecule has 0 aliphatic carbocycles. The lowest BCUT2D eigenvalue weighted by Gasteiger charge is -2.21. The van der Waals surface area contributed by atoms with Gasteiger partial charge in [0.2, 0.25) is 0 Å². The molecule has 5 heteroatoms. The number of hydroxylamine groups is 2. The Morgan fingerprint density at radius 1 is 1.27 bits per heavy atom. The van der Waals surface area contributed by atoms with Crippen LogP contribution in [-0.2, 0) is 17.9 Å². The number of rotatable bonds is 4. The molecule has 5 nitrogen and oxygen atoms in total. The van der Waals surface area contributed by atoms with Crippen molar-refractivity contribution in [3.8, 4) is 0 Å². The summed E-state index contributed by atoms with van der Waals surface area (Å²) in [6, 6.07) is 9.84. The van der Waals surface area contributed by atoms with Crippen LogP contribution < -0.4 is 5.56 Å². The number of carbonyl (C=O) groups excluding carboxylic acids is 1. The third-order valence-corrected chi connectivity index (χ3v) is 3.89. The number of benzene rings is 1. The van der Waals surface area contributed by atoms with Crippen molar-refractivity contribution in [2.75, 3.05) is 0 Å². The summed E-state index contributed by atoms with van der Waals surface area (Å²) in [6.45, 7) is 4.77. The number of hydrogen-bond acceptors (Lipinski definition) is 4. The fraction of sp³-hybridized carbons (Fsp3) is 0.294. The summed E-state index contributed by atoms with van der Waals surface area (Å²) < 4.78 is 0. The van der Waals surface area contributed by atoms with Crippen LogP contribution in [0.15, 0.2) is 41.3 Å². The molecule has 114 valence electrons. The van der Waals surface area contributed by atoms with Crippen LogP contribution >= 0.6 is 0 Å². The van der Waals surface area contributed by atoms with Gasteiger partial charge in [-0.2, -0.15) is 5.06 Å². The molecule has 0 radical (unpaired) electrons. The fourth-order valence-electron chi connectivity index (χ4n) is 2.66. The van der Waals surface area contributed by atoms with Crippen molar-refractivity contribution in [1.29, 1.82) is 0 Å². The van der Waals surface area contributed by atoms with Crippen LogP contribution in [0.4, 0.5) is 0 Å². The first-order valence-corrected chi connectivity index (χ1v) is 7.26. The average Bonchev–Trinajstić information content (AvgIpc) is 2.89. The highest BCUT2D eigenvalue weighted by atomic mass is 16.7. The van der Waals surface area contributed by atoms with E-state index in [0.29, 0.717) is 0 Å². The summed E-state index contributed by atoms with van der Waals surface area (Å²) in [5, 5.41) is 1.90. The first-order chi connectivity index (χ1) is 10.5. The molecule has 2 aromatic rings. The van der Waals surface area contributed by atoms with Crippen molar-refractivity contribution in [2.45, 2.75) is 33.0 Å². The summed E-state index contributed by atoms with van der Waals surface area (Å²) >= 11 is 0. The zero-order valence-corrected chi connectivity index (χ0v) is 12.6. The summed E-state index contributed by atoms with van der Waals surface area (Å²) in [5.41, 5.74) is 3.11. The maximum atomic E-state index is 11.6. The summed E-state index contributed by atoms with van der Waals surface area (Å²) in [5.74, 6) is -0.246. The maximum absolute atomic E-state index is 11.6. The third kappa shape index (κ3) is 2.86. The molecule has 1 atom stereocenters. The van der Waals surface area contributed by atoms with Crippen molar-refractivity contribution in [3.63, 3.8) is 0 Å². The van der Waals surface area contributed by atoms with E-state index in [1.165, 1.54) is 18.1 Å². The monoisotopic (exact) mass is 298 g/mol. The third-order valence-electron chi connectivity index (χ3n) is 3.89. The lowest BCUT2D eigenvalue weighted by atomic mass is 10.1. The molecule has 1 aromatic carbocycles. The second-order valence-corrected chi connectivity index (χ2v) is 5.55. The second kappa shape index (κ2) is 5.87. The molecule has 0 bridgehead atoms. The highest BCUT2D eigenvalue weighted by Crippen LogP contribution is 2.26. The largest absolute Gasteiger partial charge is 0.328 e. The molecular weight excluding hydrogens is 280 g/mol. The number of nitrogens with zero attached hydrogens (tertiary/aromatic N) is 1. The van der Waals surface area contributed by atoms with Crippen molar-refractivity contribution in [3.05, 3.63) is 69.1 Å². The topological polar surface area (TPSA) is 62.4 Å². The number of H-pyrrole nitrogens is 1. The lowest BCUT2D eigenvalue weighted by Crippen LogP contribution is -2.21. The minimum absolute atomic E-state index is 0.164. The standard InChI is InChI=1S/C17H18N2O3/c1-11(20)16-7-15(8-18-17(16)21)12(2)22-19-9-13-5-3-4-6-14(13)10-19/h3-8,12H,9-10H2,1-2H3,(H,18,21). The second-order valence-electron chi connectivity index (χ2n) is 5.55. The van der Waals surface area contributed by atoms with Gasteiger partial charge in [-0.05, 0) is 36.6 Å². The Balaban J connectivity index is 1.73. The van der Waals surface area contributed by atoms with Crippen LogP contribution in [0.2, 0.25) is 0 Å². The van der Waals surface area contributed by atoms with Crippen LogP contribution in [0, 0.1) is 0 Å². The van der Waals surface area contributed by atoms with Crippen LogP contribution in [-0.4, -0.2) is 15.8 Å². The Hall–Kier alpha value is -2.24. The van der Waals surface area contributed by atoms with Crippen molar-refractivity contribution in [2.24, 2.45) is 0 Å². The number of Topliss-reactive ketones (excluding diaryl/α,β-unsaturated/α-hetero) is 1. The van der Waals surface area contributed by atoms with Gasteiger partial charge in [-0.3, -0.25) is 14.4 Å². The first-order valence-electron chi connectivity index (χ1n) is 7.26. The van der Waals surface area contributed by atoms with E-state index in [1.54, 1.807) is 12.3 Å². The Kier molecular flexibility index (Phi) is 3.92. The molecule has 0 amide bonds. The average molecular weight is 298 g/mol. The Labute approximate surface area is 128 Å². The van der Waals surface area contributed by atoms with Gasteiger partial charge in [0.25, 0.3) is 5.56 Å². The minimum Gasteiger partial charge on any atom is -0.328 e. The van der Waals surface area contributed by atoms with E-state index in [2.05, 4.69) is 17.1 Å². The van der Waals surface area contributed by atoms with E-state index >= 15 is 0 Å². The van der Waals surface area contributed by atoms with E-state index in [4.69, 9.17) is 4.84 Å². The summed E-state index contributed by atoms with van der Waals surface area (Å²) in [4.78, 5) is 31.6. The highest BCUT2D eigenvalue weighted by Gasteiger charge is 2.22. The molecule has 3 rings (SSSR count). The smallest absolute Gasteiger partial charge is 0.258 e. The molecule has 2 heterocycles. The number of aromatic nitrogens is 1. The Morgan fingerprint density at radius 3 is 2.50 bits per heavy atom. The molecule has 0 saturated carbocycles. The van der Waals surface area contributed by atoms with E-state index in [1.807, 2.05) is 24.1 Å². The molecule has 1 N–H and O–H groups in total. The molecule has 1 aliphatic heterocycles. The van der Waals surface area contributed by atoms with E-state index in [9.17, 15) is 9.59 Å². The van der Waals surface area contributed by atoms with Gasteiger partial charge in [0.05, 0.1) is 5.56 Å². The van der Waals surface area contributed by atoms with Gasteiger partial charge in [0, 0.05) is 19.3 Å². The molecule has 1 unspecified atom stereocenters. The molecule has 0 spiro atoms. The predicted octanol–water partition coefficient (Wildman–Crippen LogP) is 2.59. The maximum Gasteiger partial charge on any atom is 0.258 e. The van der Waals surface area contributed by atoms with Gasteiger partial charge in [-0.25, -0.2) is 0 Å². The van der Waals surface area contributed by atoms with E-state index in [-0.39, 0.29) is 23.0 Å². The normalized spacial score (nSPS) is 15.5. The minimum atomic E-state index is -0.364. The number of carbonyl (C=O) groups is 1. The van der Waals surface area contributed by atoms with Gasteiger partial charge in [0.15, 0.2) is 5.78 Å². The zero-order valence-electron chi connectivity index (χ0n) is 12.6. The predicted molar refractivity (Wildman–Crippen MR) is 82.3 cm³/mol. The summed E-state index contributed by atoms with van der Waals surface area (Å²) in [6.07, 6.45) is 1.35. The zero-order chi connectivity index (χ0) is 15.7. The number of pyridine rings is 1. The Morgan fingerprint density at radius 2 is 1.91 bits per heavy atom. The number of hydrogen-bond donors (Lipinski definition) is 1. The van der Waals surface area contributed by atoms with E-state index < -0.39 is 0 Å². The van der Waals surface area contributed by atoms with Gasteiger partial charge in [-0.1, -0.05) is 24.3 Å². The quantitative estimate of drug-likeness (QED) is 0.881. The number of ketones is 1. The van der Waals surface area contributed by atoms with Crippen molar-refractivity contribution >= 4 is 5.78 Å². The molecule has 0 fully saturated rings. The molecule has 22 heavy (non-hydrogen) atoms. The Bertz CT molecular complexity index is 741. The van der Waals surface area contributed by atoms with E-state index in [0.717, 1.165) is 18.7 Å². The van der Waals surface area contributed by atoms with Crippen molar-refractivity contribution in [1.82, 2.24) is 10.0 Å². The van der Waals surface area contributed by atoms with Gasteiger partial charge >= 0.3 is 0 Å². The molecular formula is C17H18N2O3. The molecule has 1 aromatic heterocycles. The fourth-order valence-corrected chi connectivity index (χ4v) is 2.66. The van der Waals surface area contributed by atoms with Crippen molar-refractivity contribution < 1.29 is 9.63 Å². The van der Waals surface area contributed by atoms with Crippen LogP contribution in [0.3, 0.4) is 0 Å². The SMILES string of the molecule is CC(=O)c1cc(C(C)ON2Cc3ccccc3C2)c[nH]c1=O. The van der Waals surface area contributed by atoms with Gasteiger partial charge < -0.3 is 4.98 Å². The van der Waals surface area contributed by atoms with Crippen LogP contribution in [0.25, 0.3) is 0 Å². The number of nitrogens with one attached hydrogen (secondary N) is 1. The van der Waals surface area contributed by atoms with Gasteiger partial charge in [0.1, 0.15) is 6.10 Å². The number of aromatic amines is 1. The number of fused-ring (bicyclic) bond motifs is 1. The summed E-state index contributed by atoms with van der Waals surface area (Å²) in [7, 11) is 0. The highest BCUT2D eigenvalue weighted by molar-refractivity contribution is 5.93. The van der Waals surface area contributed by atoms with Gasteiger partial charge in [-0.15, -0.1) is 0 Å². The first kappa shape index (κ1) is 14.7. The van der Waals surface area contributed by atoms with Crippen LogP contribution in [0.5, 0.6) is 0 Å². The molecule has 0 saturated heterocycles.